The molecule has 1 saturated carbocycles. The van der Waals surface area contributed by atoms with E-state index in [-0.39, 0.29) is 19.2 Å². The Balaban J connectivity index is 1.74. The van der Waals surface area contributed by atoms with E-state index in [1.807, 2.05) is 0 Å². The number of nitrogens with one attached hydrogen (secondary N) is 1. The second-order valence-corrected chi connectivity index (χ2v) is 5.33. The first-order valence-corrected chi connectivity index (χ1v) is 7.04. The molecule has 0 bridgehead atoms. The molecule has 1 aliphatic carbocycles. The molecule has 1 heterocycles. The van der Waals surface area contributed by atoms with Crippen LogP contribution >= 0.6 is 0 Å². The predicted molar refractivity (Wildman–Crippen MR) is 68.9 cm³/mol. The van der Waals surface area contributed by atoms with Crippen LogP contribution in [-0.2, 0) is 9.53 Å². The second-order valence-electron chi connectivity index (χ2n) is 5.33. The van der Waals surface area contributed by atoms with Gasteiger partial charge in [0.1, 0.15) is 0 Å². The molecule has 0 spiro atoms. The smallest absolute Gasteiger partial charge is 0.334 e. The third-order valence-electron chi connectivity index (χ3n) is 3.90. The summed E-state index contributed by atoms with van der Waals surface area (Å²) in [5, 5.41) is 11.8. The van der Waals surface area contributed by atoms with Crippen molar-refractivity contribution in [2.75, 3.05) is 26.2 Å². The third kappa shape index (κ3) is 4.09. The molecule has 19 heavy (non-hydrogen) atoms. The molecule has 0 radical (unpaired) electrons. The highest BCUT2D eigenvalue weighted by atomic mass is 16.5. The second kappa shape index (κ2) is 6.75. The van der Waals surface area contributed by atoms with Crippen LogP contribution in [0.3, 0.4) is 0 Å². The average molecular weight is 270 g/mol. The van der Waals surface area contributed by atoms with Crippen molar-refractivity contribution in [1.82, 2.24) is 10.2 Å². The van der Waals surface area contributed by atoms with E-state index in [1.54, 1.807) is 0 Å². The molecule has 2 fully saturated rings. The molecule has 2 N–H and O–H groups in total. The van der Waals surface area contributed by atoms with Gasteiger partial charge in [0.2, 0.25) is 0 Å². The predicted octanol–water partition coefficient (Wildman–Crippen LogP) is 1.06. The van der Waals surface area contributed by atoms with Crippen LogP contribution in [0, 0.1) is 5.92 Å². The Kier molecular flexibility index (Phi) is 5.01. The largest absolute Gasteiger partial charge is 0.479 e. The number of hydrogen-bond acceptors (Lipinski definition) is 3. The summed E-state index contributed by atoms with van der Waals surface area (Å²) in [4.78, 5) is 24.4. The number of rotatable bonds is 3. The van der Waals surface area contributed by atoms with Crippen LogP contribution in [0.5, 0.6) is 0 Å². The highest BCUT2D eigenvalue weighted by molar-refractivity contribution is 5.77. The third-order valence-corrected chi connectivity index (χ3v) is 3.90. The van der Waals surface area contributed by atoms with E-state index in [9.17, 15) is 9.59 Å². The van der Waals surface area contributed by atoms with Crippen molar-refractivity contribution in [3.05, 3.63) is 0 Å². The van der Waals surface area contributed by atoms with Gasteiger partial charge in [0.25, 0.3) is 0 Å². The molecule has 1 aliphatic heterocycles. The number of carbonyl (C=O) groups is 2. The summed E-state index contributed by atoms with van der Waals surface area (Å²) >= 11 is 0. The Morgan fingerprint density at radius 1 is 1.26 bits per heavy atom. The Labute approximate surface area is 113 Å². The van der Waals surface area contributed by atoms with E-state index in [0.29, 0.717) is 19.0 Å². The first-order valence-electron chi connectivity index (χ1n) is 7.04. The van der Waals surface area contributed by atoms with Crippen molar-refractivity contribution in [2.45, 2.75) is 38.2 Å². The molecule has 0 aromatic heterocycles. The molecule has 2 aliphatic rings. The van der Waals surface area contributed by atoms with Crippen LogP contribution in [0.2, 0.25) is 0 Å². The molecule has 2 rings (SSSR count). The molecule has 2 amide bonds. The highest BCUT2D eigenvalue weighted by Gasteiger charge is 2.29. The normalized spacial score (nSPS) is 25.1. The first kappa shape index (κ1) is 14.1. The lowest BCUT2D eigenvalue weighted by atomic mass is 9.89. The molecule has 1 saturated heterocycles. The molecule has 6 nitrogen and oxygen atoms in total. The minimum Gasteiger partial charge on any atom is -0.479 e. The van der Waals surface area contributed by atoms with Crippen LogP contribution in [0.15, 0.2) is 0 Å². The number of carboxylic acid groups (broad SMARTS) is 1. The maximum absolute atomic E-state index is 12.0. The summed E-state index contributed by atoms with van der Waals surface area (Å²) in [6.07, 6.45) is 5.27. The molecule has 0 aromatic rings. The Bertz CT molecular complexity index is 329. The first-order chi connectivity index (χ1) is 9.16. The highest BCUT2D eigenvalue weighted by Crippen LogP contribution is 2.22. The van der Waals surface area contributed by atoms with Gasteiger partial charge in [0.05, 0.1) is 13.2 Å². The van der Waals surface area contributed by atoms with Crippen molar-refractivity contribution in [3.63, 3.8) is 0 Å². The van der Waals surface area contributed by atoms with Crippen molar-refractivity contribution in [1.29, 1.82) is 0 Å². The summed E-state index contributed by atoms with van der Waals surface area (Å²) in [5.74, 6) is -0.432. The number of aliphatic carboxylic acids is 1. The molecule has 1 atom stereocenters. The lowest BCUT2D eigenvalue weighted by Crippen LogP contribution is -2.52. The fourth-order valence-electron chi connectivity index (χ4n) is 2.72. The van der Waals surface area contributed by atoms with Crippen molar-refractivity contribution < 1.29 is 19.4 Å². The van der Waals surface area contributed by atoms with Crippen LogP contribution in [0.1, 0.15) is 32.1 Å². The van der Waals surface area contributed by atoms with Gasteiger partial charge < -0.3 is 20.1 Å². The number of morpholine rings is 1. The zero-order valence-electron chi connectivity index (χ0n) is 11.1. The van der Waals surface area contributed by atoms with E-state index in [1.165, 1.54) is 37.0 Å². The quantitative estimate of drug-likeness (QED) is 0.803. The summed E-state index contributed by atoms with van der Waals surface area (Å²) in [5.41, 5.74) is 0. The lowest BCUT2D eigenvalue weighted by Gasteiger charge is -2.31. The van der Waals surface area contributed by atoms with Gasteiger partial charge >= 0.3 is 12.0 Å². The maximum atomic E-state index is 12.0. The van der Waals surface area contributed by atoms with Crippen molar-refractivity contribution in [3.8, 4) is 0 Å². The van der Waals surface area contributed by atoms with Gasteiger partial charge in [-0.25, -0.2) is 9.59 Å². The van der Waals surface area contributed by atoms with Crippen molar-refractivity contribution >= 4 is 12.0 Å². The number of amides is 2. The van der Waals surface area contributed by atoms with Gasteiger partial charge in [0.15, 0.2) is 6.10 Å². The van der Waals surface area contributed by atoms with E-state index >= 15 is 0 Å². The molecular formula is C13H22N2O4. The molecule has 6 heteroatoms. The van der Waals surface area contributed by atoms with Gasteiger partial charge in [-0.15, -0.1) is 0 Å². The molecule has 1 unspecified atom stereocenters. The number of urea groups is 1. The van der Waals surface area contributed by atoms with Gasteiger partial charge in [0, 0.05) is 13.1 Å². The van der Waals surface area contributed by atoms with Crippen LogP contribution in [-0.4, -0.2) is 54.4 Å². The number of nitrogens with zero attached hydrogens (tertiary/aromatic N) is 1. The van der Waals surface area contributed by atoms with Gasteiger partial charge in [-0.2, -0.15) is 0 Å². The average Bonchev–Trinajstić information content (AvgIpc) is 2.46. The zero-order valence-corrected chi connectivity index (χ0v) is 11.1. The van der Waals surface area contributed by atoms with E-state index < -0.39 is 12.1 Å². The minimum absolute atomic E-state index is 0.131. The summed E-state index contributed by atoms with van der Waals surface area (Å²) in [7, 11) is 0. The monoisotopic (exact) mass is 270 g/mol. The van der Waals surface area contributed by atoms with Gasteiger partial charge in [-0.3, -0.25) is 0 Å². The van der Waals surface area contributed by atoms with Gasteiger partial charge in [-0.1, -0.05) is 19.3 Å². The van der Waals surface area contributed by atoms with Crippen LogP contribution in [0.4, 0.5) is 4.79 Å². The van der Waals surface area contributed by atoms with Gasteiger partial charge in [-0.05, 0) is 18.8 Å². The van der Waals surface area contributed by atoms with E-state index in [0.717, 1.165) is 0 Å². The summed E-state index contributed by atoms with van der Waals surface area (Å²) in [6.45, 7) is 1.58. The number of ether oxygens (including phenoxy) is 1. The number of hydrogen-bond donors (Lipinski definition) is 2. The standard InChI is InChI=1S/C13H22N2O4/c16-12(17)11-9-15(6-7-19-11)13(18)14-8-10-4-2-1-3-5-10/h10-11H,1-9H2,(H,14,18)(H,16,17). The summed E-state index contributed by atoms with van der Waals surface area (Å²) in [6, 6.07) is -0.167. The Hall–Kier alpha value is -1.30. The Morgan fingerprint density at radius 3 is 2.68 bits per heavy atom. The fourth-order valence-corrected chi connectivity index (χ4v) is 2.72. The van der Waals surface area contributed by atoms with Crippen LogP contribution in [0.25, 0.3) is 0 Å². The number of carboxylic acids is 1. The van der Waals surface area contributed by atoms with E-state index in [2.05, 4.69) is 5.32 Å². The SMILES string of the molecule is O=C(O)C1CN(C(=O)NCC2CCCCC2)CCO1. The van der Waals surface area contributed by atoms with Crippen molar-refractivity contribution in [2.24, 2.45) is 5.92 Å². The minimum atomic E-state index is -1.01. The zero-order chi connectivity index (χ0) is 13.7. The molecule has 0 aromatic carbocycles. The topological polar surface area (TPSA) is 78.9 Å². The Morgan fingerprint density at radius 2 is 2.00 bits per heavy atom. The molecular weight excluding hydrogens is 248 g/mol. The number of carbonyl (C=O) groups excluding carboxylic acids is 1. The fraction of sp³-hybridized carbons (Fsp3) is 0.846. The lowest BCUT2D eigenvalue weighted by molar-refractivity contribution is -0.154. The molecule has 108 valence electrons. The maximum Gasteiger partial charge on any atom is 0.334 e. The van der Waals surface area contributed by atoms with Crippen LogP contribution < -0.4 is 5.32 Å². The summed E-state index contributed by atoms with van der Waals surface area (Å²) < 4.78 is 5.09. The van der Waals surface area contributed by atoms with E-state index in [4.69, 9.17) is 9.84 Å².